The van der Waals surface area contributed by atoms with Crippen molar-refractivity contribution in [2.75, 3.05) is 12.4 Å². The van der Waals surface area contributed by atoms with E-state index in [-0.39, 0.29) is 5.91 Å². The quantitative estimate of drug-likeness (QED) is 0.904. The second-order valence-electron chi connectivity index (χ2n) is 5.35. The molecule has 3 heteroatoms. The van der Waals surface area contributed by atoms with Crippen LogP contribution in [0.15, 0.2) is 42.5 Å². The molecule has 3 nitrogen and oxygen atoms in total. The normalized spacial score (nSPS) is 10.5. The van der Waals surface area contributed by atoms with E-state index in [9.17, 15) is 4.79 Å². The monoisotopic (exact) mass is 283 g/mol. The third-order valence-corrected chi connectivity index (χ3v) is 3.49. The number of nitrogens with one attached hydrogen (secondary N) is 1. The molecule has 0 aliphatic carbocycles. The molecule has 0 fully saturated rings. The molecular formula is C18H21NO2. The zero-order valence-corrected chi connectivity index (χ0v) is 12.9. The van der Waals surface area contributed by atoms with Crippen molar-refractivity contribution in [3.05, 3.63) is 59.2 Å². The van der Waals surface area contributed by atoms with Crippen LogP contribution in [0.5, 0.6) is 5.75 Å². The number of amides is 1. The molecule has 21 heavy (non-hydrogen) atoms. The molecule has 0 unspecified atom stereocenters. The molecule has 0 bridgehead atoms. The lowest BCUT2D eigenvalue weighted by atomic mass is 10.0. The minimum Gasteiger partial charge on any atom is -0.496 e. The van der Waals surface area contributed by atoms with Crippen molar-refractivity contribution in [1.29, 1.82) is 0 Å². The van der Waals surface area contributed by atoms with Gasteiger partial charge < -0.3 is 10.1 Å². The van der Waals surface area contributed by atoms with Gasteiger partial charge in [-0.3, -0.25) is 4.79 Å². The number of hydrogen-bond acceptors (Lipinski definition) is 2. The Morgan fingerprint density at radius 3 is 2.48 bits per heavy atom. The Hall–Kier alpha value is -2.29. The summed E-state index contributed by atoms with van der Waals surface area (Å²) in [4.78, 5) is 12.5. The number of anilines is 1. The Morgan fingerprint density at radius 1 is 1.10 bits per heavy atom. The van der Waals surface area contributed by atoms with E-state index in [4.69, 9.17) is 4.74 Å². The van der Waals surface area contributed by atoms with E-state index in [2.05, 4.69) is 19.2 Å². The molecule has 2 aromatic rings. The van der Waals surface area contributed by atoms with Gasteiger partial charge in [0, 0.05) is 5.69 Å². The van der Waals surface area contributed by atoms with Crippen molar-refractivity contribution < 1.29 is 9.53 Å². The van der Waals surface area contributed by atoms with Crippen molar-refractivity contribution >= 4 is 11.6 Å². The summed E-state index contributed by atoms with van der Waals surface area (Å²) in [6.45, 7) is 6.15. The van der Waals surface area contributed by atoms with Gasteiger partial charge in [0.25, 0.3) is 5.91 Å². The fourth-order valence-corrected chi connectivity index (χ4v) is 2.41. The number of hydrogen-bond donors (Lipinski definition) is 1. The molecule has 1 N–H and O–H groups in total. The highest BCUT2D eigenvalue weighted by atomic mass is 16.5. The standard InChI is InChI=1S/C18H21NO2/c1-12(2)14-9-5-6-11-16(14)19-18(20)15-10-7-8-13(3)17(15)21-4/h5-12H,1-4H3,(H,19,20). The van der Waals surface area contributed by atoms with Crippen LogP contribution in [0.2, 0.25) is 0 Å². The maximum Gasteiger partial charge on any atom is 0.259 e. The van der Waals surface area contributed by atoms with Crippen molar-refractivity contribution in [2.45, 2.75) is 26.7 Å². The SMILES string of the molecule is COc1c(C)cccc1C(=O)Nc1ccccc1C(C)C. The zero-order valence-electron chi connectivity index (χ0n) is 12.9. The average molecular weight is 283 g/mol. The second kappa shape index (κ2) is 6.44. The van der Waals surface area contributed by atoms with Crippen LogP contribution in [0.3, 0.4) is 0 Å². The molecule has 0 spiro atoms. The summed E-state index contributed by atoms with van der Waals surface area (Å²) < 4.78 is 5.35. The van der Waals surface area contributed by atoms with E-state index in [1.54, 1.807) is 13.2 Å². The van der Waals surface area contributed by atoms with Crippen LogP contribution >= 0.6 is 0 Å². The van der Waals surface area contributed by atoms with E-state index < -0.39 is 0 Å². The number of carbonyl (C=O) groups is 1. The molecule has 2 aromatic carbocycles. The third-order valence-electron chi connectivity index (χ3n) is 3.49. The minimum absolute atomic E-state index is 0.149. The lowest BCUT2D eigenvalue weighted by molar-refractivity contribution is 0.102. The molecular weight excluding hydrogens is 262 g/mol. The fourth-order valence-electron chi connectivity index (χ4n) is 2.41. The van der Waals surface area contributed by atoms with Crippen molar-refractivity contribution in [3.8, 4) is 5.75 Å². The first-order valence-electron chi connectivity index (χ1n) is 7.08. The topological polar surface area (TPSA) is 38.3 Å². The Bertz CT molecular complexity index is 647. The molecule has 0 aliphatic heterocycles. The predicted molar refractivity (Wildman–Crippen MR) is 86.2 cm³/mol. The van der Waals surface area contributed by atoms with E-state index >= 15 is 0 Å². The maximum atomic E-state index is 12.5. The highest BCUT2D eigenvalue weighted by Crippen LogP contribution is 2.27. The molecule has 0 saturated carbocycles. The van der Waals surface area contributed by atoms with Crippen LogP contribution in [0.4, 0.5) is 5.69 Å². The molecule has 0 radical (unpaired) electrons. The first-order chi connectivity index (χ1) is 10.0. The third kappa shape index (κ3) is 3.24. The molecule has 110 valence electrons. The van der Waals surface area contributed by atoms with E-state index in [0.29, 0.717) is 17.2 Å². The van der Waals surface area contributed by atoms with Crippen molar-refractivity contribution in [2.24, 2.45) is 0 Å². The highest BCUT2D eigenvalue weighted by molar-refractivity contribution is 6.06. The van der Waals surface area contributed by atoms with Gasteiger partial charge in [-0.05, 0) is 36.1 Å². The molecule has 0 aliphatic rings. The highest BCUT2D eigenvalue weighted by Gasteiger charge is 2.15. The van der Waals surface area contributed by atoms with E-state index in [0.717, 1.165) is 16.8 Å². The summed E-state index contributed by atoms with van der Waals surface area (Å²) in [5.74, 6) is 0.821. The van der Waals surface area contributed by atoms with Gasteiger partial charge >= 0.3 is 0 Å². The Balaban J connectivity index is 2.33. The van der Waals surface area contributed by atoms with Crippen LogP contribution in [0.1, 0.15) is 41.3 Å². The Kier molecular flexibility index (Phi) is 4.63. The van der Waals surface area contributed by atoms with Gasteiger partial charge in [-0.2, -0.15) is 0 Å². The number of benzene rings is 2. The molecule has 1 amide bonds. The van der Waals surface area contributed by atoms with Crippen LogP contribution in [0.25, 0.3) is 0 Å². The second-order valence-corrected chi connectivity index (χ2v) is 5.35. The van der Waals surface area contributed by atoms with Crippen LogP contribution in [-0.2, 0) is 0 Å². The molecule has 0 aromatic heterocycles. The summed E-state index contributed by atoms with van der Waals surface area (Å²) in [7, 11) is 1.58. The lowest BCUT2D eigenvalue weighted by Gasteiger charge is -2.15. The van der Waals surface area contributed by atoms with Gasteiger partial charge in [-0.1, -0.05) is 44.2 Å². The average Bonchev–Trinajstić information content (AvgIpc) is 2.47. The van der Waals surface area contributed by atoms with Gasteiger partial charge in [0.15, 0.2) is 0 Å². The number of rotatable bonds is 4. The molecule has 0 atom stereocenters. The Morgan fingerprint density at radius 2 is 1.81 bits per heavy atom. The van der Waals surface area contributed by atoms with Crippen LogP contribution < -0.4 is 10.1 Å². The number of carbonyl (C=O) groups excluding carboxylic acids is 1. The summed E-state index contributed by atoms with van der Waals surface area (Å²) in [5, 5.41) is 2.99. The van der Waals surface area contributed by atoms with Gasteiger partial charge in [-0.15, -0.1) is 0 Å². The first kappa shape index (κ1) is 15.1. The van der Waals surface area contributed by atoms with Gasteiger partial charge in [-0.25, -0.2) is 0 Å². The van der Waals surface area contributed by atoms with E-state index in [1.165, 1.54) is 0 Å². The van der Waals surface area contributed by atoms with Crippen molar-refractivity contribution in [3.63, 3.8) is 0 Å². The summed E-state index contributed by atoms with van der Waals surface area (Å²) in [5.41, 5.74) is 3.47. The van der Waals surface area contributed by atoms with Crippen molar-refractivity contribution in [1.82, 2.24) is 0 Å². The molecule has 2 rings (SSSR count). The number of aryl methyl sites for hydroxylation is 1. The number of methoxy groups -OCH3 is 1. The fraction of sp³-hybridized carbons (Fsp3) is 0.278. The number of para-hydroxylation sites is 2. The summed E-state index contributed by atoms with van der Waals surface area (Å²) in [6.07, 6.45) is 0. The van der Waals surface area contributed by atoms with Crippen LogP contribution in [0, 0.1) is 6.92 Å². The minimum atomic E-state index is -0.149. The first-order valence-corrected chi connectivity index (χ1v) is 7.08. The Labute approximate surface area is 126 Å². The largest absolute Gasteiger partial charge is 0.496 e. The summed E-state index contributed by atoms with van der Waals surface area (Å²) >= 11 is 0. The summed E-state index contributed by atoms with van der Waals surface area (Å²) in [6, 6.07) is 13.4. The zero-order chi connectivity index (χ0) is 15.4. The van der Waals surface area contributed by atoms with Crippen LogP contribution in [-0.4, -0.2) is 13.0 Å². The van der Waals surface area contributed by atoms with E-state index in [1.807, 2.05) is 43.3 Å². The van der Waals surface area contributed by atoms with Gasteiger partial charge in [0.05, 0.1) is 12.7 Å². The van der Waals surface area contributed by atoms with Gasteiger partial charge in [0.2, 0.25) is 0 Å². The predicted octanol–water partition coefficient (Wildman–Crippen LogP) is 4.38. The maximum absolute atomic E-state index is 12.5. The number of ether oxygens (including phenoxy) is 1. The van der Waals surface area contributed by atoms with Gasteiger partial charge in [0.1, 0.15) is 5.75 Å². The molecule has 0 heterocycles. The lowest BCUT2D eigenvalue weighted by Crippen LogP contribution is -2.15. The molecule has 0 saturated heterocycles. The smallest absolute Gasteiger partial charge is 0.259 e.